The molecule has 178 valence electrons. The average Bonchev–Trinajstić information content (AvgIpc) is 3.00. The number of carbonyl (C=O) groups is 5. The van der Waals surface area contributed by atoms with Gasteiger partial charge in [-0.25, -0.2) is 8.42 Å². The lowest BCUT2D eigenvalue weighted by molar-refractivity contribution is -0.138. The number of piperidine rings is 1. The van der Waals surface area contributed by atoms with Crippen LogP contribution < -0.4 is 5.32 Å². The van der Waals surface area contributed by atoms with E-state index in [0.717, 1.165) is 0 Å². The number of benzene rings is 1. The van der Waals surface area contributed by atoms with Crippen LogP contribution in [0.25, 0.3) is 0 Å². The Morgan fingerprint density at radius 1 is 1.06 bits per heavy atom. The topological polar surface area (TPSA) is 173 Å². The number of carboxylic acids is 1. The quantitative estimate of drug-likeness (QED) is 0.305. The standard InChI is InChI=1S/C20H22N2O10S/c23-15-5-4-13(18(26)21-15)22-19(27)12-2-1-3-14(17(12)20(22)28)33(29,30)11-10-32-9-8-31-7-6-16(24)25/h1-3,13H,4-11H2,(H,24,25)(H,21,23,26). The fraction of sp³-hybridized carbons (Fsp3) is 0.450. The fourth-order valence-electron chi connectivity index (χ4n) is 3.50. The van der Waals surface area contributed by atoms with Crippen LogP contribution in [-0.2, 0) is 33.7 Å². The van der Waals surface area contributed by atoms with Crippen LogP contribution in [-0.4, -0.2) is 86.2 Å². The molecule has 13 heteroatoms. The molecular weight excluding hydrogens is 460 g/mol. The Morgan fingerprint density at radius 3 is 2.42 bits per heavy atom. The first kappa shape index (κ1) is 24.5. The van der Waals surface area contributed by atoms with Crippen molar-refractivity contribution in [2.45, 2.75) is 30.2 Å². The number of rotatable bonds is 11. The van der Waals surface area contributed by atoms with Gasteiger partial charge in [0.15, 0.2) is 9.84 Å². The average molecular weight is 482 g/mol. The van der Waals surface area contributed by atoms with Crippen molar-refractivity contribution < 1.29 is 47.0 Å². The highest BCUT2D eigenvalue weighted by Crippen LogP contribution is 2.32. The second kappa shape index (κ2) is 10.2. The van der Waals surface area contributed by atoms with Gasteiger partial charge in [0.25, 0.3) is 11.8 Å². The van der Waals surface area contributed by atoms with E-state index < -0.39 is 51.2 Å². The molecular formula is C20H22N2O10S. The highest BCUT2D eigenvalue weighted by molar-refractivity contribution is 7.91. The molecule has 1 fully saturated rings. The minimum absolute atomic E-state index is 0.00691. The number of carboxylic acid groups (broad SMARTS) is 1. The number of carbonyl (C=O) groups excluding carboxylic acids is 4. The van der Waals surface area contributed by atoms with Gasteiger partial charge in [0.2, 0.25) is 11.8 Å². The highest BCUT2D eigenvalue weighted by atomic mass is 32.2. The predicted octanol–water partition coefficient (Wildman–Crippen LogP) is -0.631. The van der Waals surface area contributed by atoms with Crippen molar-refractivity contribution in [2.75, 3.05) is 32.2 Å². The highest BCUT2D eigenvalue weighted by Gasteiger charge is 2.46. The molecule has 0 radical (unpaired) electrons. The zero-order valence-corrected chi connectivity index (χ0v) is 18.3. The van der Waals surface area contributed by atoms with E-state index >= 15 is 0 Å². The summed E-state index contributed by atoms with van der Waals surface area (Å²) in [5, 5.41) is 10.6. The van der Waals surface area contributed by atoms with E-state index in [0.29, 0.717) is 4.90 Å². The monoisotopic (exact) mass is 482 g/mol. The largest absolute Gasteiger partial charge is 0.481 e. The normalized spacial score (nSPS) is 18.4. The third-order valence-corrected chi connectivity index (χ3v) is 6.81. The maximum absolute atomic E-state index is 13.0. The third kappa shape index (κ3) is 5.43. The number of nitrogens with zero attached hydrogens (tertiary/aromatic N) is 1. The first-order chi connectivity index (χ1) is 15.6. The molecule has 33 heavy (non-hydrogen) atoms. The summed E-state index contributed by atoms with van der Waals surface area (Å²) in [6.07, 6.45) is -0.247. The molecule has 4 amide bonds. The lowest BCUT2D eigenvalue weighted by Gasteiger charge is -2.27. The van der Waals surface area contributed by atoms with Gasteiger partial charge in [0.1, 0.15) is 6.04 Å². The first-order valence-corrected chi connectivity index (χ1v) is 11.7. The Bertz CT molecular complexity index is 1100. The van der Waals surface area contributed by atoms with Gasteiger partial charge >= 0.3 is 5.97 Å². The van der Waals surface area contributed by atoms with Crippen LogP contribution in [0.3, 0.4) is 0 Å². The predicted molar refractivity (Wildman–Crippen MR) is 109 cm³/mol. The number of ether oxygens (including phenoxy) is 2. The van der Waals surface area contributed by atoms with Crippen molar-refractivity contribution in [3.63, 3.8) is 0 Å². The Labute approximate surface area is 188 Å². The summed E-state index contributed by atoms with van der Waals surface area (Å²) in [5.41, 5.74) is -0.428. The number of nitrogens with one attached hydrogen (secondary N) is 1. The lowest BCUT2D eigenvalue weighted by atomic mass is 10.0. The summed E-state index contributed by atoms with van der Waals surface area (Å²) >= 11 is 0. The molecule has 1 unspecified atom stereocenters. The third-order valence-electron chi connectivity index (χ3n) is 5.09. The molecule has 0 aromatic heterocycles. The van der Waals surface area contributed by atoms with E-state index in [1.807, 2.05) is 0 Å². The van der Waals surface area contributed by atoms with Gasteiger partial charge in [-0.15, -0.1) is 0 Å². The molecule has 0 bridgehead atoms. The number of imide groups is 2. The number of aliphatic carboxylic acids is 1. The fourth-order valence-corrected chi connectivity index (χ4v) is 4.85. The van der Waals surface area contributed by atoms with Crippen molar-refractivity contribution in [1.82, 2.24) is 10.2 Å². The van der Waals surface area contributed by atoms with E-state index in [1.165, 1.54) is 18.2 Å². The minimum Gasteiger partial charge on any atom is -0.481 e. The second-order valence-electron chi connectivity index (χ2n) is 7.31. The van der Waals surface area contributed by atoms with Crippen LogP contribution in [0.4, 0.5) is 0 Å². The Morgan fingerprint density at radius 2 is 1.76 bits per heavy atom. The maximum atomic E-state index is 13.0. The molecule has 1 aromatic carbocycles. The zero-order valence-electron chi connectivity index (χ0n) is 17.4. The van der Waals surface area contributed by atoms with Crippen molar-refractivity contribution in [1.29, 1.82) is 0 Å². The molecule has 1 aromatic rings. The summed E-state index contributed by atoms with van der Waals surface area (Å²) in [4.78, 5) is 60.1. The molecule has 12 nitrogen and oxygen atoms in total. The summed E-state index contributed by atoms with van der Waals surface area (Å²) in [6, 6.07) is 2.66. The van der Waals surface area contributed by atoms with Gasteiger partial charge < -0.3 is 14.6 Å². The van der Waals surface area contributed by atoms with E-state index in [-0.39, 0.29) is 61.7 Å². The van der Waals surface area contributed by atoms with Gasteiger partial charge in [-0.1, -0.05) is 6.07 Å². The molecule has 1 atom stereocenters. The van der Waals surface area contributed by atoms with E-state index in [2.05, 4.69) is 5.32 Å². The van der Waals surface area contributed by atoms with Crippen molar-refractivity contribution in [3.8, 4) is 0 Å². The summed E-state index contributed by atoms with van der Waals surface area (Å²) in [6.45, 7) is -0.0784. The molecule has 1 saturated heterocycles. The smallest absolute Gasteiger partial charge is 0.305 e. The summed E-state index contributed by atoms with van der Waals surface area (Å²) < 4.78 is 36.0. The molecule has 3 rings (SSSR count). The number of hydrogen-bond acceptors (Lipinski definition) is 9. The number of fused-ring (bicyclic) bond motifs is 1. The van der Waals surface area contributed by atoms with Crippen LogP contribution in [0.1, 0.15) is 40.0 Å². The molecule has 2 aliphatic rings. The van der Waals surface area contributed by atoms with Gasteiger partial charge in [-0.05, 0) is 18.6 Å². The van der Waals surface area contributed by atoms with Crippen molar-refractivity contribution in [2.24, 2.45) is 0 Å². The van der Waals surface area contributed by atoms with Crippen LogP contribution in [0.2, 0.25) is 0 Å². The number of sulfone groups is 1. The van der Waals surface area contributed by atoms with E-state index in [9.17, 15) is 32.4 Å². The molecule has 0 aliphatic carbocycles. The molecule has 0 spiro atoms. The molecule has 2 N–H and O–H groups in total. The van der Waals surface area contributed by atoms with E-state index in [4.69, 9.17) is 14.6 Å². The van der Waals surface area contributed by atoms with Gasteiger partial charge in [-0.2, -0.15) is 0 Å². The van der Waals surface area contributed by atoms with E-state index in [1.54, 1.807) is 0 Å². The number of amides is 4. The van der Waals surface area contributed by atoms with Gasteiger partial charge in [0.05, 0.1) is 54.6 Å². The van der Waals surface area contributed by atoms with Crippen LogP contribution in [0, 0.1) is 0 Å². The number of hydrogen-bond donors (Lipinski definition) is 2. The second-order valence-corrected chi connectivity index (χ2v) is 9.39. The molecule has 0 saturated carbocycles. The Kier molecular flexibility index (Phi) is 7.56. The molecule has 2 heterocycles. The lowest BCUT2D eigenvalue weighted by Crippen LogP contribution is -2.54. The van der Waals surface area contributed by atoms with Gasteiger partial charge in [0, 0.05) is 6.42 Å². The van der Waals surface area contributed by atoms with Crippen LogP contribution in [0.15, 0.2) is 23.1 Å². The van der Waals surface area contributed by atoms with Gasteiger partial charge in [-0.3, -0.25) is 34.2 Å². The summed E-state index contributed by atoms with van der Waals surface area (Å²) in [5.74, 6) is -4.47. The van der Waals surface area contributed by atoms with Crippen molar-refractivity contribution in [3.05, 3.63) is 29.3 Å². The SMILES string of the molecule is O=C(O)CCOCCOCCS(=O)(=O)c1cccc2c1C(=O)N(C1CCC(=O)NC1=O)C2=O. The molecule has 2 aliphatic heterocycles. The van der Waals surface area contributed by atoms with Crippen LogP contribution >= 0.6 is 0 Å². The zero-order chi connectivity index (χ0) is 24.2. The van der Waals surface area contributed by atoms with Crippen LogP contribution in [0.5, 0.6) is 0 Å². The maximum Gasteiger partial charge on any atom is 0.305 e. The minimum atomic E-state index is -4.02. The Hall–Kier alpha value is -3.16. The first-order valence-electron chi connectivity index (χ1n) is 10.1. The van der Waals surface area contributed by atoms with Crippen molar-refractivity contribution >= 4 is 39.4 Å². The Balaban J connectivity index is 1.66. The summed E-state index contributed by atoms with van der Waals surface area (Å²) in [7, 11) is -4.02.